The normalized spacial score (nSPS) is 17.4. The number of aryl methyl sites for hydroxylation is 1. The molecule has 1 aromatic heterocycles. The van der Waals surface area contributed by atoms with E-state index in [1.807, 2.05) is 11.6 Å². The van der Waals surface area contributed by atoms with Gasteiger partial charge in [0, 0.05) is 34.4 Å². The average molecular weight is 294 g/mol. The van der Waals surface area contributed by atoms with E-state index in [0.717, 1.165) is 31.4 Å². The number of guanidine groups is 1. The molecule has 0 aromatic carbocycles. The van der Waals surface area contributed by atoms with E-state index in [1.165, 1.54) is 19.3 Å². The summed E-state index contributed by atoms with van der Waals surface area (Å²) in [6.45, 7) is 2.38. The highest BCUT2D eigenvalue weighted by Crippen LogP contribution is 2.43. The molecular formula is C14H26N6O. The Morgan fingerprint density at radius 3 is 2.81 bits per heavy atom. The van der Waals surface area contributed by atoms with Crippen LogP contribution >= 0.6 is 0 Å². The van der Waals surface area contributed by atoms with Gasteiger partial charge in [0.15, 0.2) is 11.8 Å². The molecule has 0 saturated heterocycles. The lowest BCUT2D eigenvalue weighted by Gasteiger charge is -2.42. The first kappa shape index (κ1) is 15.8. The van der Waals surface area contributed by atoms with Crippen LogP contribution in [0.5, 0.6) is 0 Å². The van der Waals surface area contributed by atoms with E-state index in [-0.39, 0.29) is 0 Å². The maximum absolute atomic E-state index is 5.22. The molecule has 0 amide bonds. The van der Waals surface area contributed by atoms with Crippen LogP contribution in [0.2, 0.25) is 0 Å². The molecule has 0 atom stereocenters. The Balaban J connectivity index is 1.78. The second-order valence-electron chi connectivity index (χ2n) is 5.73. The van der Waals surface area contributed by atoms with Gasteiger partial charge in [-0.05, 0) is 24.7 Å². The fourth-order valence-electron chi connectivity index (χ4n) is 2.63. The first-order valence-corrected chi connectivity index (χ1v) is 7.45. The molecule has 1 aliphatic carbocycles. The van der Waals surface area contributed by atoms with Crippen LogP contribution in [0.4, 0.5) is 0 Å². The summed E-state index contributed by atoms with van der Waals surface area (Å²) in [5.74, 6) is 1.69. The predicted molar refractivity (Wildman–Crippen MR) is 82.0 cm³/mol. The molecule has 2 rings (SSSR count). The van der Waals surface area contributed by atoms with Gasteiger partial charge in [0.2, 0.25) is 0 Å². The minimum atomic E-state index is 0.373. The molecule has 0 radical (unpaired) electrons. The number of ether oxygens (including phenoxy) is 1. The molecule has 1 saturated carbocycles. The van der Waals surface area contributed by atoms with E-state index in [4.69, 9.17) is 4.74 Å². The molecule has 1 heterocycles. The fourth-order valence-corrected chi connectivity index (χ4v) is 2.63. The van der Waals surface area contributed by atoms with E-state index in [1.54, 1.807) is 20.5 Å². The molecule has 0 spiro atoms. The summed E-state index contributed by atoms with van der Waals surface area (Å²) >= 11 is 0. The molecule has 7 nitrogen and oxygen atoms in total. The Morgan fingerprint density at radius 2 is 2.29 bits per heavy atom. The van der Waals surface area contributed by atoms with Crippen molar-refractivity contribution in [2.24, 2.45) is 17.5 Å². The zero-order chi connectivity index (χ0) is 15.1. The van der Waals surface area contributed by atoms with Crippen molar-refractivity contribution < 1.29 is 4.74 Å². The zero-order valence-electron chi connectivity index (χ0n) is 13.2. The number of methoxy groups -OCH3 is 1. The number of nitrogens with zero attached hydrogens (tertiary/aromatic N) is 4. The van der Waals surface area contributed by atoms with Crippen LogP contribution in [0, 0.1) is 5.41 Å². The molecule has 118 valence electrons. The van der Waals surface area contributed by atoms with E-state index >= 15 is 0 Å². The van der Waals surface area contributed by atoms with Gasteiger partial charge < -0.3 is 19.9 Å². The van der Waals surface area contributed by atoms with Crippen molar-refractivity contribution in [2.45, 2.75) is 32.2 Å². The lowest BCUT2D eigenvalue weighted by Crippen LogP contribution is -2.46. The summed E-state index contributed by atoms with van der Waals surface area (Å²) in [7, 11) is 5.48. The molecule has 7 heteroatoms. The van der Waals surface area contributed by atoms with Crippen molar-refractivity contribution in [1.29, 1.82) is 0 Å². The minimum absolute atomic E-state index is 0.373. The standard InChI is InChI=1S/C14H26N6O/c1-15-13(16-9-12-19-18-11-20(12)2)17-10-14(5-4-6-14)7-8-21-3/h11H,4-10H2,1-3H3,(H2,15,16,17). The summed E-state index contributed by atoms with van der Waals surface area (Å²) in [6, 6.07) is 0. The highest BCUT2D eigenvalue weighted by atomic mass is 16.5. The molecule has 1 fully saturated rings. The Labute approximate surface area is 126 Å². The maximum atomic E-state index is 5.22. The Bertz CT molecular complexity index is 466. The second kappa shape index (κ2) is 7.40. The van der Waals surface area contributed by atoms with Gasteiger partial charge in [-0.1, -0.05) is 6.42 Å². The van der Waals surface area contributed by atoms with Gasteiger partial charge in [-0.2, -0.15) is 0 Å². The number of rotatable bonds is 7. The topological polar surface area (TPSA) is 76.4 Å². The number of nitrogens with one attached hydrogen (secondary N) is 2. The Morgan fingerprint density at radius 1 is 1.48 bits per heavy atom. The zero-order valence-corrected chi connectivity index (χ0v) is 13.2. The Hall–Kier alpha value is -1.63. The van der Waals surface area contributed by atoms with Crippen molar-refractivity contribution >= 4 is 5.96 Å². The van der Waals surface area contributed by atoms with Crippen LogP contribution in [0.3, 0.4) is 0 Å². The van der Waals surface area contributed by atoms with Gasteiger partial charge in [-0.25, -0.2) is 0 Å². The fraction of sp³-hybridized carbons (Fsp3) is 0.786. The van der Waals surface area contributed by atoms with E-state index in [2.05, 4.69) is 25.8 Å². The van der Waals surface area contributed by atoms with Crippen molar-refractivity contribution in [3.63, 3.8) is 0 Å². The third-order valence-electron chi connectivity index (χ3n) is 4.32. The van der Waals surface area contributed by atoms with Crippen molar-refractivity contribution in [1.82, 2.24) is 25.4 Å². The minimum Gasteiger partial charge on any atom is -0.385 e. The van der Waals surface area contributed by atoms with Gasteiger partial charge >= 0.3 is 0 Å². The number of hydrogen-bond donors (Lipinski definition) is 2. The highest BCUT2D eigenvalue weighted by molar-refractivity contribution is 5.79. The molecular weight excluding hydrogens is 268 g/mol. The molecule has 1 aliphatic rings. The summed E-state index contributed by atoms with van der Waals surface area (Å²) in [5.41, 5.74) is 0.373. The third kappa shape index (κ3) is 4.17. The van der Waals surface area contributed by atoms with Gasteiger partial charge in [-0.3, -0.25) is 4.99 Å². The van der Waals surface area contributed by atoms with Crippen LogP contribution in [0.1, 0.15) is 31.5 Å². The quantitative estimate of drug-likeness (QED) is 0.571. The van der Waals surface area contributed by atoms with E-state index in [9.17, 15) is 0 Å². The monoisotopic (exact) mass is 294 g/mol. The van der Waals surface area contributed by atoms with Crippen LogP contribution in [0.25, 0.3) is 0 Å². The molecule has 0 unspecified atom stereocenters. The predicted octanol–water partition coefficient (Wildman–Crippen LogP) is 0.687. The second-order valence-corrected chi connectivity index (χ2v) is 5.73. The molecule has 1 aromatic rings. The molecule has 2 N–H and O–H groups in total. The third-order valence-corrected chi connectivity index (χ3v) is 4.32. The average Bonchev–Trinajstić information content (AvgIpc) is 2.86. The van der Waals surface area contributed by atoms with Crippen LogP contribution in [-0.2, 0) is 18.3 Å². The van der Waals surface area contributed by atoms with Crippen LogP contribution in [-0.4, -0.2) is 48.0 Å². The van der Waals surface area contributed by atoms with Gasteiger partial charge in [0.05, 0.1) is 6.54 Å². The van der Waals surface area contributed by atoms with Gasteiger partial charge in [-0.15, -0.1) is 10.2 Å². The van der Waals surface area contributed by atoms with Crippen LogP contribution in [0.15, 0.2) is 11.3 Å². The van der Waals surface area contributed by atoms with E-state index in [0.29, 0.717) is 12.0 Å². The summed E-state index contributed by atoms with van der Waals surface area (Å²) < 4.78 is 7.12. The summed E-state index contributed by atoms with van der Waals surface area (Å²) in [4.78, 5) is 4.26. The Kier molecular flexibility index (Phi) is 5.55. The number of hydrogen-bond acceptors (Lipinski definition) is 4. The molecule has 21 heavy (non-hydrogen) atoms. The maximum Gasteiger partial charge on any atom is 0.191 e. The number of aromatic nitrogens is 3. The van der Waals surface area contributed by atoms with Crippen molar-refractivity contribution in [2.75, 3.05) is 27.3 Å². The van der Waals surface area contributed by atoms with Gasteiger partial charge in [0.25, 0.3) is 0 Å². The van der Waals surface area contributed by atoms with Crippen molar-refractivity contribution in [3.8, 4) is 0 Å². The molecule has 0 bridgehead atoms. The summed E-state index contributed by atoms with van der Waals surface area (Å²) in [6.07, 6.45) is 6.65. The summed E-state index contributed by atoms with van der Waals surface area (Å²) in [5, 5.41) is 14.6. The first-order chi connectivity index (χ1) is 10.2. The van der Waals surface area contributed by atoms with E-state index < -0.39 is 0 Å². The van der Waals surface area contributed by atoms with Crippen molar-refractivity contribution in [3.05, 3.63) is 12.2 Å². The first-order valence-electron chi connectivity index (χ1n) is 7.45. The lowest BCUT2D eigenvalue weighted by molar-refractivity contribution is 0.0732. The highest BCUT2D eigenvalue weighted by Gasteiger charge is 2.36. The lowest BCUT2D eigenvalue weighted by atomic mass is 9.67. The number of aliphatic imine (C=N–C) groups is 1. The largest absolute Gasteiger partial charge is 0.385 e. The van der Waals surface area contributed by atoms with Gasteiger partial charge in [0.1, 0.15) is 6.33 Å². The van der Waals surface area contributed by atoms with Crippen LogP contribution < -0.4 is 10.6 Å². The molecule has 0 aliphatic heterocycles. The smallest absolute Gasteiger partial charge is 0.191 e. The SMILES string of the molecule is CN=C(NCc1nncn1C)NCC1(CCOC)CCC1.